The first kappa shape index (κ1) is 12.9. The van der Waals surface area contributed by atoms with Crippen LogP contribution in [0.3, 0.4) is 0 Å². The van der Waals surface area contributed by atoms with Crippen molar-refractivity contribution in [1.82, 2.24) is 0 Å². The van der Waals surface area contributed by atoms with Crippen LogP contribution in [0.4, 0.5) is 4.39 Å². The summed E-state index contributed by atoms with van der Waals surface area (Å²) in [7, 11) is 0. The third-order valence-electron chi connectivity index (χ3n) is 4.07. The second-order valence-corrected chi connectivity index (χ2v) is 5.00. The maximum absolute atomic E-state index is 14.0. The normalized spacial score (nSPS) is 24.9. The van der Waals surface area contributed by atoms with Gasteiger partial charge in [0, 0.05) is 5.56 Å². The van der Waals surface area contributed by atoms with E-state index in [1.54, 1.807) is 18.2 Å². The van der Waals surface area contributed by atoms with E-state index in [0.717, 1.165) is 5.56 Å². The Morgan fingerprint density at radius 1 is 1.10 bits per heavy atom. The van der Waals surface area contributed by atoms with Gasteiger partial charge in [0.15, 0.2) is 0 Å². The number of halogens is 1. The fourth-order valence-corrected chi connectivity index (χ4v) is 2.92. The maximum Gasteiger partial charge on any atom is 0.321 e. The molecule has 1 aliphatic heterocycles. The number of hydrogen-bond acceptors (Lipinski definition) is 2. The van der Waals surface area contributed by atoms with Gasteiger partial charge in [-0.3, -0.25) is 4.79 Å². The van der Waals surface area contributed by atoms with E-state index in [1.807, 2.05) is 37.3 Å². The highest BCUT2D eigenvalue weighted by Crippen LogP contribution is 2.52. The van der Waals surface area contributed by atoms with Crippen molar-refractivity contribution < 1.29 is 13.9 Å². The molecule has 0 saturated carbocycles. The van der Waals surface area contributed by atoms with Gasteiger partial charge in [-0.2, -0.15) is 0 Å². The van der Waals surface area contributed by atoms with E-state index in [9.17, 15) is 9.18 Å². The third-order valence-corrected chi connectivity index (χ3v) is 4.07. The molecule has 2 nitrogen and oxygen atoms in total. The quantitative estimate of drug-likeness (QED) is 0.793. The van der Waals surface area contributed by atoms with E-state index in [2.05, 4.69) is 0 Å². The lowest BCUT2D eigenvalue weighted by Crippen LogP contribution is -2.54. The Labute approximate surface area is 117 Å². The molecule has 2 unspecified atom stereocenters. The maximum atomic E-state index is 14.0. The Balaban J connectivity index is 2.10. The molecular formula is C17H15FO2. The average molecular weight is 270 g/mol. The fraction of sp³-hybridized carbons (Fsp3) is 0.235. The molecule has 1 aliphatic rings. The second-order valence-electron chi connectivity index (χ2n) is 5.00. The Morgan fingerprint density at radius 3 is 2.35 bits per heavy atom. The molecule has 3 rings (SSSR count). The molecular weight excluding hydrogens is 255 g/mol. The van der Waals surface area contributed by atoms with Gasteiger partial charge in [-0.05, 0) is 18.1 Å². The van der Waals surface area contributed by atoms with Crippen LogP contribution >= 0.6 is 0 Å². The van der Waals surface area contributed by atoms with Gasteiger partial charge in [0.2, 0.25) is 0 Å². The molecule has 2 aromatic rings. The molecule has 20 heavy (non-hydrogen) atoms. The topological polar surface area (TPSA) is 26.3 Å². The first-order valence-electron chi connectivity index (χ1n) is 6.71. The predicted molar refractivity (Wildman–Crippen MR) is 73.6 cm³/mol. The van der Waals surface area contributed by atoms with Gasteiger partial charge in [-0.1, -0.05) is 55.5 Å². The summed E-state index contributed by atoms with van der Waals surface area (Å²) in [4.78, 5) is 12.1. The van der Waals surface area contributed by atoms with Crippen LogP contribution in [0.1, 0.15) is 30.6 Å². The Morgan fingerprint density at radius 2 is 1.75 bits per heavy atom. The molecule has 0 radical (unpaired) electrons. The zero-order valence-electron chi connectivity index (χ0n) is 11.2. The van der Waals surface area contributed by atoms with E-state index in [4.69, 9.17) is 4.74 Å². The van der Waals surface area contributed by atoms with Crippen LogP contribution in [0, 0.1) is 5.82 Å². The summed E-state index contributed by atoms with van der Waals surface area (Å²) in [6.07, 6.45) is 0.0260. The van der Waals surface area contributed by atoms with E-state index >= 15 is 0 Å². The molecule has 0 spiro atoms. The van der Waals surface area contributed by atoms with Crippen LogP contribution in [0.5, 0.6) is 0 Å². The van der Waals surface area contributed by atoms with Crippen LogP contribution in [0.25, 0.3) is 0 Å². The molecule has 1 heterocycles. The highest BCUT2D eigenvalue weighted by atomic mass is 19.1. The van der Waals surface area contributed by atoms with Crippen molar-refractivity contribution in [2.75, 3.05) is 0 Å². The molecule has 0 bridgehead atoms. The molecule has 0 amide bonds. The minimum absolute atomic E-state index is 0.278. The SMILES string of the molecule is CCC1(c2ccccc2)C(=O)OC1c1ccccc1F. The van der Waals surface area contributed by atoms with Gasteiger partial charge in [-0.25, -0.2) is 4.39 Å². The number of cyclic esters (lactones) is 1. The summed E-state index contributed by atoms with van der Waals surface area (Å²) in [5, 5.41) is 0. The standard InChI is InChI=1S/C17H15FO2/c1-2-17(12-8-4-3-5-9-12)15(20-16(17)19)13-10-6-7-11-14(13)18/h3-11,15H,2H2,1H3. The van der Waals surface area contributed by atoms with E-state index < -0.39 is 11.5 Å². The van der Waals surface area contributed by atoms with Crippen LogP contribution in [-0.4, -0.2) is 5.97 Å². The Kier molecular flexibility index (Phi) is 3.05. The third kappa shape index (κ3) is 1.66. The van der Waals surface area contributed by atoms with Crippen molar-refractivity contribution in [1.29, 1.82) is 0 Å². The highest BCUT2D eigenvalue weighted by Gasteiger charge is 2.59. The molecule has 1 saturated heterocycles. The van der Waals surface area contributed by atoms with Gasteiger partial charge in [0.25, 0.3) is 0 Å². The molecule has 2 atom stereocenters. The van der Waals surface area contributed by atoms with E-state index in [1.165, 1.54) is 6.07 Å². The molecule has 0 N–H and O–H groups in total. The van der Waals surface area contributed by atoms with Gasteiger partial charge in [-0.15, -0.1) is 0 Å². The van der Waals surface area contributed by atoms with Crippen molar-refractivity contribution >= 4 is 5.97 Å². The summed E-state index contributed by atoms with van der Waals surface area (Å²) in [5.74, 6) is -0.613. The lowest BCUT2D eigenvalue weighted by molar-refractivity contribution is -0.193. The van der Waals surface area contributed by atoms with Crippen LogP contribution in [-0.2, 0) is 14.9 Å². The summed E-state index contributed by atoms with van der Waals surface area (Å²) < 4.78 is 19.3. The molecule has 0 aliphatic carbocycles. The van der Waals surface area contributed by atoms with Crippen molar-refractivity contribution in [3.05, 3.63) is 71.5 Å². The number of esters is 1. The number of rotatable bonds is 3. The van der Waals surface area contributed by atoms with Gasteiger partial charge < -0.3 is 4.74 Å². The van der Waals surface area contributed by atoms with Crippen molar-refractivity contribution in [3.63, 3.8) is 0 Å². The van der Waals surface area contributed by atoms with Crippen LogP contribution in [0.2, 0.25) is 0 Å². The summed E-state index contributed by atoms with van der Waals surface area (Å²) in [6, 6.07) is 15.9. The van der Waals surface area contributed by atoms with E-state index in [0.29, 0.717) is 12.0 Å². The molecule has 3 heteroatoms. The zero-order chi connectivity index (χ0) is 14.2. The minimum Gasteiger partial charge on any atom is -0.455 e. The highest BCUT2D eigenvalue weighted by molar-refractivity contribution is 5.90. The number of ether oxygens (including phenoxy) is 1. The zero-order valence-corrected chi connectivity index (χ0v) is 11.2. The van der Waals surface area contributed by atoms with Gasteiger partial charge in [0.05, 0.1) is 0 Å². The molecule has 1 fully saturated rings. The molecule has 0 aromatic heterocycles. The monoisotopic (exact) mass is 270 g/mol. The summed E-state index contributed by atoms with van der Waals surface area (Å²) in [5.41, 5.74) is 0.550. The minimum atomic E-state index is -0.774. The van der Waals surface area contributed by atoms with E-state index in [-0.39, 0.29) is 11.8 Å². The Hall–Kier alpha value is -2.16. The Bertz CT molecular complexity index is 638. The largest absolute Gasteiger partial charge is 0.455 e. The number of benzene rings is 2. The number of carbonyl (C=O) groups is 1. The van der Waals surface area contributed by atoms with Crippen LogP contribution < -0.4 is 0 Å². The van der Waals surface area contributed by atoms with Crippen LogP contribution in [0.15, 0.2) is 54.6 Å². The predicted octanol–water partition coefficient (Wildman–Crippen LogP) is 3.77. The smallest absolute Gasteiger partial charge is 0.321 e. The van der Waals surface area contributed by atoms with Crippen molar-refractivity contribution in [2.45, 2.75) is 24.9 Å². The lowest BCUT2D eigenvalue weighted by Gasteiger charge is -2.47. The number of hydrogen-bond donors (Lipinski definition) is 0. The lowest BCUT2D eigenvalue weighted by atomic mass is 9.67. The molecule has 102 valence electrons. The molecule has 2 aromatic carbocycles. The van der Waals surface area contributed by atoms with Gasteiger partial charge >= 0.3 is 5.97 Å². The van der Waals surface area contributed by atoms with Gasteiger partial charge in [0.1, 0.15) is 17.3 Å². The first-order chi connectivity index (χ1) is 9.70. The second kappa shape index (κ2) is 4.75. The van der Waals surface area contributed by atoms with Crippen molar-refractivity contribution in [2.24, 2.45) is 0 Å². The fourth-order valence-electron chi connectivity index (χ4n) is 2.92. The average Bonchev–Trinajstić information content (AvgIpc) is 2.48. The summed E-state index contributed by atoms with van der Waals surface area (Å²) >= 11 is 0. The van der Waals surface area contributed by atoms with Crippen molar-refractivity contribution in [3.8, 4) is 0 Å². The first-order valence-corrected chi connectivity index (χ1v) is 6.71. The number of carbonyl (C=O) groups excluding carboxylic acids is 1. The summed E-state index contributed by atoms with van der Waals surface area (Å²) in [6.45, 7) is 1.93.